The first-order chi connectivity index (χ1) is 12.0. The zero-order valence-electron chi connectivity index (χ0n) is 13.8. The number of carbonyl (C=O) groups is 3. The third-order valence-corrected chi connectivity index (χ3v) is 3.58. The number of benzene rings is 1. The standard InChI is InChI=1S/C18H20N2O5/c1-12-4-6-13(7-5-12)14(11-17(22)23)20-16(21)8-9-19-18(24)15-3-2-10-25-15/h2-7,10,14H,8-9,11H2,1H3,(H,19,24)(H,20,21)(H,22,23)/t14-/m1/s1. The molecule has 0 saturated carbocycles. The Morgan fingerprint density at radius 2 is 1.88 bits per heavy atom. The summed E-state index contributed by atoms with van der Waals surface area (Å²) in [6, 6.07) is 9.81. The quantitative estimate of drug-likeness (QED) is 0.679. The van der Waals surface area contributed by atoms with Crippen molar-refractivity contribution in [3.05, 3.63) is 59.5 Å². The highest BCUT2D eigenvalue weighted by Gasteiger charge is 2.18. The number of aryl methyl sites for hydroxylation is 1. The summed E-state index contributed by atoms with van der Waals surface area (Å²) in [5.41, 5.74) is 1.77. The third kappa shape index (κ3) is 5.80. The van der Waals surface area contributed by atoms with E-state index in [0.29, 0.717) is 0 Å². The number of carboxylic acids is 1. The molecule has 1 atom stereocenters. The van der Waals surface area contributed by atoms with Crippen molar-refractivity contribution in [3.8, 4) is 0 Å². The zero-order valence-corrected chi connectivity index (χ0v) is 13.8. The second-order valence-corrected chi connectivity index (χ2v) is 5.61. The topological polar surface area (TPSA) is 109 Å². The highest BCUT2D eigenvalue weighted by molar-refractivity contribution is 5.91. The lowest BCUT2D eigenvalue weighted by molar-refractivity contribution is -0.137. The number of amides is 2. The second kappa shape index (κ2) is 8.68. The van der Waals surface area contributed by atoms with Gasteiger partial charge in [-0.1, -0.05) is 29.8 Å². The Balaban J connectivity index is 1.87. The maximum absolute atomic E-state index is 12.1. The first-order valence-corrected chi connectivity index (χ1v) is 7.85. The van der Waals surface area contributed by atoms with E-state index in [1.165, 1.54) is 12.3 Å². The summed E-state index contributed by atoms with van der Waals surface area (Å²) in [6.07, 6.45) is 1.21. The summed E-state index contributed by atoms with van der Waals surface area (Å²) >= 11 is 0. The maximum Gasteiger partial charge on any atom is 0.305 e. The van der Waals surface area contributed by atoms with E-state index in [9.17, 15) is 14.4 Å². The highest BCUT2D eigenvalue weighted by Crippen LogP contribution is 2.17. The molecule has 2 aromatic rings. The van der Waals surface area contributed by atoms with Crippen LogP contribution in [0.5, 0.6) is 0 Å². The molecule has 3 N–H and O–H groups in total. The Hall–Kier alpha value is -3.09. The number of carboxylic acid groups (broad SMARTS) is 1. The number of rotatable bonds is 8. The van der Waals surface area contributed by atoms with Gasteiger partial charge < -0.3 is 20.2 Å². The van der Waals surface area contributed by atoms with Gasteiger partial charge in [0, 0.05) is 13.0 Å². The minimum atomic E-state index is -1.00. The Kier molecular flexibility index (Phi) is 6.33. The maximum atomic E-state index is 12.1. The monoisotopic (exact) mass is 344 g/mol. The van der Waals surface area contributed by atoms with Crippen LogP contribution in [0.3, 0.4) is 0 Å². The first kappa shape index (κ1) is 18.3. The van der Waals surface area contributed by atoms with Crippen molar-refractivity contribution < 1.29 is 23.9 Å². The molecule has 0 unspecified atom stereocenters. The van der Waals surface area contributed by atoms with Gasteiger partial charge in [0.15, 0.2) is 5.76 Å². The van der Waals surface area contributed by atoms with E-state index in [2.05, 4.69) is 10.6 Å². The predicted octanol–water partition coefficient (Wildman–Crippen LogP) is 2.04. The molecule has 2 amide bonds. The minimum Gasteiger partial charge on any atom is -0.481 e. The summed E-state index contributed by atoms with van der Waals surface area (Å²) in [6.45, 7) is 2.05. The fourth-order valence-corrected chi connectivity index (χ4v) is 2.28. The molecule has 7 nitrogen and oxygen atoms in total. The molecule has 25 heavy (non-hydrogen) atoms. The molecule has 2 rings (SSSR count). The number of furan rings is 1. The van der Waals surface area contributed by atoms with E-state index >= 15 is 0 Å². The van der Waals surface area contributed by atoms with Crippen molar-refractivity contribution in [3.63, 3.8) is 0 Å². The van der Waals surface area contributed by atoms with Crippen molar-refractivity contribution in [2.75, 3.05) is 6.54 Å². The van der Waals surface area contributed by atoms with Gasteiger partial charge in [0.25, 0.3) is 5.91 Å². The van der Waals surface area contributed by atoms with Gasteiger partial charge in [-0.15, -0.1) is 0 Å². The summed E-state index contributed by atoms with van der Waals surface area (Å²) in [4.78, 5) is 34.8. The van der Waals surface area contributed by atoms with Gasteiger partial charge in [-0.2, -0.15) is 0 Å². The lowest BCUT2D eigenvalue weighted by Crippen LogP contribution is -2.33. The zero-order chi connectivity index (χ0) is 18.2. The first-order valence-electron chi connectivity index (χ1n) is 7.85. The van der Waals surface area contributed by atoms with Crippen LogP contribution in [-0.4, -0.2) is 29.4 Å². The predicted molar refractivity (Wildman–Crippen MR) is 90.0 cm³/mol. The van der Waals surface area contributed by atoms with Crippen molar-refractivity contribution in [2.24, 2.45) is 0 Å². The third-order valence-electron chi connectivity index (χ3n) is 3.58. The fourth-order valence-electron chi connectivity index (χ4n) is 2.28. The summed E-state index contributed by atoms with van der Waals surface area (Å²) < 4.78 is 4.95. The van der Waals surface area contributed by atoms with E-state index in [0.717, 1.165) is 11.1 Å². The Morgan fingerprint density at radius 3 is 2.48 bits per heavy atom. The van der Waals surface area contributed by atoms with Gasteiger partial charge in [0.1, 0.15) is 0 Å². The Morgan fingerprint density at radius 1 is 1.16 bits per heavy atom. The number of aliphatic carboxylic acids is 1. The van der Waals surface area contributed by atoms with Gasteiger partial charge in [-0.25, -0.2) is 0 Å². The number of nitrogens with one attached hydrogen (secondary N) is 2. The van der Waals surface area contributed by atoms with E-state index in [1.807, 2.05) is 19.1 Å². The summed E-state index contributed by atoms with van der Waals surface area (Å²) in [7, 11) is 0. The SMILES string of the molecule is Cc1ccc([C@@H](CC(=O)O)NC(=O)CCNC(=O)c2ccco2)cc1. The molecule has 7 heteroatoms. The second-order valence-electron chi connectivity index (χ2n) is 5.61. The average Bonchev–Trinajstić information content (AvgIpc) is 3.09. The summed E-state index contributed by atoms with van der Waals surface area (Å²) in [5, 5.41) is 14.3. The number of hydrogen-bond donors (Lipinski definition) is 3. The van der Waals surface area contributed by atoms with Gasteiger partial charge in [-0.3, -0.25) is 14.4 Å². The van der Waals surface area contributed by atoms with Crippen molar-refractivity contribution >= 4 is 17.8 Å². The van der Waals surface area contributed by atoms with Crippen LogP contribution in [0.15, 0.2) is 47.1 Å². The molecule has 132 valence electrons. The molecule has 1 aromatic heterocycles. The van der Waals surface area contributed by atoms with Crippen LogP contribution in [0, 0.1) is 6.92 Å². The van der Waals surface area contributed by atoms with Crippen LogP contribution >= 0.6 is 0 Å². The smallest absolute Gasteiger partial charge is 0.305 e. The lowest BCUT2D eigenvalue weighted by Gasteiger charge is -2.18. The molecule has 0 spiro atoms. The van der Waals surface area contributed by atoms with Crippen LogP contribution < -0.4 is 10.6 Å². The van der Waals surface area contributed by atoms with Gasteiger partial charge in [0.2, 0.25) is 5.91 Å². The highest BCUT2D eigenvalue weighted by atomic mass is 16.4. The van der Waals surface area contributed by atoms with Gasteiger partial charge in [0.05, 0.1) is 18.7 Å². The van der Waals surface area contributed by atoms with Crippen LogP contribution in [0.1, 0.15) is 40.6 Å². The fraction of sp³-hybridized carbons (Fsp3) is 0.278. The van der Waals surface area contributed by atoms with Crippen LogP contribution in [0.25, 0.3) is 0 Å². The van der Waals surface area contributed by atoms with E-state index in [4.69, 9.17) is 9.52 Å². The van der Waals surface area contributed by atoms with Crippen molar-refractivity contribution in [2.45, 2.75) is 25.8 Å². The van der Waals surface area contributed by atoms with Crippen molar-refractivity contribution in [1.29, 1.82) is 0 Å². The van der Waals surface area contributed by atoms with Crippen molar-refractivity contribution in [1.82, 2.24) is 10.6 Å². The molecular weight excluding hydrogens is 324 g/mol. The Bertz CT molecular complexity index is 722. The molecule has 0 saturated heterocycles. The lowest BCUT2D eigenvalue weighted by atomic mass is 10.0. The van der Waals surface area contributed by atoms with E-state index in [-0.39, 0.29) is 31.1 Å². The summed E-state index contributed by atoms with van der Waals surface area (Å²) in [5.74, 6) is -1.58. The molecule has 0 radical (unpaired) electrons. The van der Waals surface area contributed by atoms with Gasteiger partial charge >= 0.3 is 5.97 Å². The van der Waals surface area contributed by atoms with Crippen LogP contribution in [0.2, 0.25) is 0 Å². The largest absolute Gasteiger partial charge is 0.481 e. The average molecular weight is 344 g/mol. The molecule has 1 heterocycles. The normalized spacial score (nSPS) is 11.6. The van der Waals surface area contributed by atoms with E-state index < -0.39 is 17.9 Å². The molecule has 0 aliphatic carbocycles. The molecule has 0 fully saturated rings. The van der Waals surface area contributed by atoms with Gasteiger partial charge in [-0.05, 0) is 24.6 Å². The number of carbonyl (C=O) groups excluding carboxylic acids is 2. The number of hydrogen-bond acceptors (Lipinski definition) is 4. The van der Waals surface area contributed by atoms with Crippen LogP contribution in [-0.2, 0) is 9.59 Å². The molecule has 0 bridgehead atoms. The van der Waals surface area contributed by atoms with E-state index in [1.54, 1.807) is 18.2 Å². The molecule has 0 aliphatic heterocycles. The molecular formula is C18H20N2O5. The Labute approximate surface area is 145 Å². The minimum absolute atomic E-state index is 0.0361. The van der Waals surface area contributed by atoms with Crippen LogP contribution in [0.4, 0.5) is 0 Å². The molecule has 0 aliphatic rings. The molecule has 1 aromatic carbocycles.